The summed E-state index contributed by atoms with van der Waals surface area (Å²) >= 11 is 0. The first-order valence-corrected chi connectivity index (χ1v) is 12.5. The third-order valence-electron chi connectivity index (χ3n) is 6.61. The molecule has 2 aliphatic rings. The number of aromatic amines is 1. The minimum absolute atomic E-state index is 0.463. The van der Waals surface area contributed by atoms with Gasteiger partial charge in [0.25, 0.3) is 0 Å². The maximum absolute atomic E-state index is 6.17. The Morgan fingerprint density at radius 2 is 1.77 bits per heavy atom. The molecule has 0 bridgehead atoms. The van der Waals surface area contributed by atoms with Crippen LogP contribution in [0.15, 0.2) is 18.2 Å². The highest BCUT2D eigenvalue weighted by Crippen LogP contribution is 2.36. The summed E-state index contributed by atoms with van der Waals surface area (Å²) in [5.41, 5.74) is 1.70. The highest BCUT2D eigenvalue weighted by Gasteiger charge is 2.20. The molecule has 2 N–H and O–H groups in total. The summed E-state index contributed by atoms with van der Waals surface area (Å²) in [5.74, 6) is 3.45. The Kier molecular flexibility index (Phi) is 7.48. The quantitative estimate of drug-likeness (QED) is 0.397. The highest BCUT2D eigenvalue weighted by molar-refractivity contribution is 5.94. The van der Waals surface area contributed by atoms with Crippen molar-refractivity contribution >= 4 is 28.5 Å². The van der Waals surface area contributed by atoms with Gasteiger partial charge in [-0.2, -0.15) is 10.1 Å². The maximum Gasteiger partial charge on any atom is 0.227 e. The molecule has 2 aliphatic heterocycles. The van der Waals surface area contributed by atoms with Crippen molar-refractivity contribution in [1.29, 1.82) is 0 Å². The van der Waals surface area contributed by atoms with E-state index in [9.17, 15) is 0 Å². The summed E-state index contributed by atoms with van der Waals surface area (Å²) in [6, 6.07) is 5.84. The van der Waals surface area contributed by atoms with Crippen molar-refractivity contribution < 1.29 is 14.2 Å². The molecule has 0 atom stereocenters. The standard InChI is InChI=1S/C25H35N7O3/c1-33-17-18-14-23(30-29-18)27-24-19-15-21(34-2)22(35-13-7-10-31-8-3-4-9-31)16-20(19)26-25(28-24)32-11-5-6-12-32/h14-16H,3-13,17H2,1-2H3,(H2,26,27,28,29,30). The number of nitrogens with one attached hydrogen (secondary N) is 2. The number of ether oxygens (including phenoxy) is 3. The molecule has 2 fully saturated rings. The molecular weight excluding hydrogens is 446 g/mol. The van der Waals surface area contributed by atoms with E-state index in [1.165, 1.54) is 25.9 Å². The van der Waals surface area contributed by atoms with E-state index < -0.39 is 0 Å². The average Bonchev–Trinajstić information content (AvgIpc) is 3.65. The molecule has 0 radical (unpaired) electrons. The summed E-state index contributed by atoms with van der Waals surface area (Å²) in [7, 11) is 3.32. The summed E-state index contributed by atoms with van der Waals surface area (Å²) < 4.78 is 17.1. The molecule has 10 nitrogen and oxygen atoms in total. The molecule has 2 aromatic heterocycles. The first-order chi connectivity index (χ1) is 17.2. The lowest BCUT2D eigenvalue weighted by Gasteiger charge is -2.19. The lowest BCUT2D eigenvalue weighted by molar-refractivity contribution is 0.181. The largest absolute Gasteiger partial charge is 0.493 e. The summed E-state index contributed by atoms with van der Waals surface area (Å²) in [6.45, 7) is 6.50. The van der Waals surface area contributed by atoms with Crippen molar-refractivity contribution in [2.24, 2.45) is 0 Å². The third-order valence-corrected chi connectivity index (χ3v) is 6.61. The molecular formula is C25H35N7O3. The van der Waals surface area contributed by atoms with Gasteiger partial charge in [0.2, 0.25) is 5.95 Å². The zero-order chi connectivity index (χ0) is 24.0. The van der Waals surface area contributed by atoms with Crippen molar-refractivity contribution in [3.63, 3.8) is 0 Å². The molecule has 4 heterocycles. The van der Waals surface area contributed by atoms with Gasteiger partial charge in [-0.1, -0.05) is 0 Å². The zero-order valence-electron chi connectivity index (χ0n) is 20.7. The number of fused-ring (bicyclic) bond motifs is 1. The number of nitrogens with zero attached hydrogens (tertiary/aromatic N) is 5. The van der Waals surface area contributed by atoms with Gasteiger partial charge in [0, 0.05) is 44.3 Å². The van der Waals surface area contributed by atoms with Crippen LogP contribution in [0.2, 0.25) is 0 Å². The smallest absolute Gasteiger partial charge is 0.227 e. The van der Waals surface area contributed by atoms with E-state index in [0.717, 1.165) is 61.4 Å². The summed E-state index contributed by atoms with van der Waals surface area (Å²) in [5, 5.41) is 11.6. The lowest BCUT2D eigenvalue weighted by Crippen LogP contribution is -2.22. The van der Waals surface area contributed by atoms with Gasteiger partial charge in [-0.05, 0) is 51.3 Å². The second-order valence-corrected chi connectivity index (χ2v) is 9.17. The monoisotopic (exact) mass is 481 g/mol. The van der Waals surface area contributed by atoms with Crippen LogP contribution in [-0.4, -0.2) is 78.6 Å². The van der Waals surface area contributed by atoms with Gasteiger partial charge in [-0.15, -0.1) is 0 Å². The van der Waals surface area contributed by atoms with Crippen molar-refractivity contribution in [1.82, 2.24) is 25.1 Å². The van der Waals surface area contributed by atoms with Gasteiger partial charge < -0.3 is 29.3 Å². The van der Waals surface area contributed by atoms with E-state index >= 15 is 0 Å². The van der Waals surface area contributed by atoms with Crippen LogP contribution in [0, 0.1) is 0 Å². The highest BCUT2D eigenvalue weighted by atomic mass is 16.5. The number of benzene rings is 1. The van der Waals surface area contributed by atoms with E-state index in [4.69, 9.17) is 24.2 Å². The van der Waals surface area contributed by atoms with Gasteiger partial charge in [0.05, 0.1) is 31.5 Å². The van der Waals surface area contributed by atoms with Crippen molar-refractivity contribution in [2.45, 2.75) is 38.7 Å². The Hall–Kier alpha value is -3.11. The van der Waals surface area contributed by atoms with Gasteiger partial charge in [0.15, 0.2) is 17.3 Å². The molecule has 1 aromatic carbocycles. The Morgan fingerprint density at radius 1 is 0.971 bits per heavy atom. The fourth-order valence-electron chi connectivity index (χ4n) is 4.80. The van der Waals surface area contributed by atoms with E-state index in [-0.39, 0.29) is 0 Å². The van der Waals surface area contributed by atoms with Crippen molar-refractivity contribution in [2.75, 3.05) is 63.8 Å². The fourth-order valence-corrected chi connectivity index (χ4v) is 4.80. The molecule has 0 aliphatic carbocycles. The molecule has 3 aromatic rings. The Morgan fingerprint density at radius 3 is 2.54 bits per heavy atom. The number of hydrogen-bond acceptors (Lipinski definition) is 9. The van der Waals surface area contributed by atoms with Crippen LogP contribution in [0.3, 0.4) is 0 Å². The molecule has 0 spiro atoms. The van der Waals surface area contributed by atoms with Crippen molar-refractivity contribution in [3.8, 4) is 11.5 Å². The summed E-state index contributed by atoms with van der Waals surface area (Å²) in [4.78, 5) is 14.5. The molecule has 10 heteroatoms. The minimum atomic E-state index is 0.463. The molecule has 5 rings (SSSR count). The summed E-state index contributed by atoms with van der Waals surface area (Å²) in [6.07, 6.45) is 5.90. The molecule has 35 heavy (non-hydrogen) atoms. The first-order valence-electron chi connectivity index (χ1n) is 12.5. The van der Waals surface area contributed by atoms with Crippen molar-refractivity contribution in [3.05, 3.63) is 23.9 Å². The second kappa shape index (κ2) is 11.1. The topological polar surface area (TPSA) is 101 Å². The normalized spacial score (nSPS) is 16.3. The number of rotatable bonds is 11. The predicted molar refractivity (Wildman–Crippen MR) is 136 cm³/mol. The van der Waals surface area contributed by atoms with Crippen LogP contribution >= 0.6 is 0 Å². The number of likely N-dealkylation sites (tertiary alicyclic amines) is 1. The van der Waals surface area contributed by atoms with Crippen LogP contribution < -0.4 is 19.7 Å². The second-order valence-electron chi connectivity index (χ2n) is 9.17. The van der Waals surface area contributed by atoms with Gasteiger partial charge in [-0.3, -0.25) is 5.10 Å². The minimum Gasteiger partial charge on any atom is -0.493 e. The average molecular weight is 482 g/mol. The SMILES string of the molecule is COCc1cc(Nc2nc(N3CCCC3)nc3cc(OCCCN4CCCC4)c(OC)cc23)n[nH]1. The molecule has 2 saturated heterocycles. The van der Waals surface area contributed by atoms with Gasteiger partial charge in [0.1, 0.15) is 5.82 Å². The maximum atomic E-state index is 6.17. The Labute approximate surface area is 206 Å². The van der Waals surface area contributed by atoms with Gasteiger partial charge >= 0.3 is 0 Å². The number of aromatic nitrogens is 4. The van der Waals surface area contributed by atoms with E-state index in [2.05, 4.69) is 25.3 Å². The van der Waals surface area contributed by atoms with Crippen LogP contribution in [0.4, 0.5) is 17.6 Å². The van der Waals surface area contributed by atoms with Crippen LogP contribution in [-0.2, 0) is 11.3 Å². The van der Waals surface area contributed by atoms with Crippen LogP contribution in [0.25, 0.3) is 10.9 Å². The Balaban J connectivity index is 1.42. The molecule has 0 unspecified atom stereocenters. The predicted octanol–water partition coefficient (Wildman–Crippen LogP) is 3.72. The molecule has 188 valence electrons. The van der Waals surface area contributed by atoms with Crippen LogP contribution in [0.1, 0.15) is 37.8 Å². The number of hydrogen-bond donors (Lipinski definition) is 2. The number of H-pyrrole nitrogens is 1. The number of methoxy groups -OCH3 is 2. The Bertz CT molecular complexity index is 1120. The molecule has 0 amide bonds. The third kappa shape index (κ3) is 5.59. The first kappa shape index (κ1) is 23.6. The molecule has 0 saturated carbocycles. The van der Waals surface area contributed by atoms with E-state index in [1.54, 1.807) is 14.2 Å². The lowest BCUT2D eigenvalue weighted by atomic mass is 10.2. The van der Waals surface area contributed by atoms with E-state index in [1.807, 2.05) is 18.2 Å². The zero-order valence-corrected chi connectivity index (χ0v) is 20.7. The van der Waals surface area contributed by atoms with Gasteiger partial charge in [-0.25, -0.2) is 4.98 Å². The fraction of sp³-hybridized carbons (Fsp3) is 0.560. The van der Waals surface area contributed by atoms with Crippen LogP contribution in [0.5, 0.6) is 11.5 Å². The van der Waals surface area contributed by atoms with E-state index in [0.29, 0.717) is 36.3 Å². The number of anilines is 3.